The molecule has 0 spiro atoms. The van der Waals surface area contributed by atoms with Gasteiger partial charge >= 0.3 is 5.97 Å². The van der Waals surface area contributed by atoms with Crippen molar-refractivity contribution in [1.29, 1.82) is 5.26 Å². The van der Waals surface area contributed by atoms with Gasteiger partial charge in [-0.15, -0.1) is 0 Å². The molecule has 0 aliphatic carbocycles. The zero-order valence-electron chi connectivity index (χ0n) is 9.53. The number of halogens is 1. The number of nitrogens with zero attached hydrogens (tertiary/aromatic N) is 1. The van der Waals surface area contributed by atoms with Crippen molar-refractivity contribution >= 4 is 17.6 Å². The zero-order chi connectivity index (χ0) is 13.1. The molecule has 0 bridgehead atoms. The summed E-state index contributed by atoms with van der Waals surface area (Å²) in [6.45, 7) is 3.13. The highest BCUT2D eigenvalue weighted by molar-refractivity contribution is 6.32. The third-order valence-electron chi connectivity index (χ3n) is 2.23. The van der Waals surface area contributed by atoms with Gasteiger partial charge in [0, 0.05) is 0 Å². The van der Waals surface area contributed by atoms with Crippen LogP contribution < -0.4 is 4.74 Å². The van der Waals surface area contributed by atoms with E-state index in [-0.39, 0.29) is 6.61 Å². The average molecular weight is 254 g/mol. The van der Waals surface area contributed by atoms with Crippen molar-refractivity contribution in [3.63, 3.8) is 0 Å². The number of carboxylic acid groups (broad SMARTS) is 1. The highest BCUT2D eigenvalue weighted by Crippen LogP contribution is 2.27. The summed E-state index contributed by atoms with van der Waals surface area (Å²) in [6, 6.07) is 6.55. The normalized spacial score (nSPS) is 10.7. The van der Waals surface area contributed by atoms with Gasteiger partial charge in [0.05, 0.1) is 22.1 Å². The molecule has 0 radical (unpaired) electrons. The molecule has 0 heterocycles. The van der Waals surface area contributed by atoms with Crippen LogP contribution in [0.25, 0.3) is 0 Å². The number of carboxylic acids is 1. The predicted molar refractivity (Wildman–Crippen MR) is 63.1 cm³/mol. The van der Waals surface area contributed by atoms with Gasteiger partial charge in [-0.2, -0.15) is 5.26 Å². The van der Waals surface area contributed by atoms with E-state index in [0.717, 1.165) is 0 Å². The molecule has 0 unspecified atom stereocenters. The quantitative estimate of drug-likeness (QED) is 0.896. The minimum atomic E-state index is -0.989. The molecule has 1 aromatic rings. The van der Waals surface area contributed by atoms with Crippen LogP contribution in [-0.4, -0.2) is 17.7 Å². The topological polar surface area (TPSA) is 70.3 Å². The summed E-state index contributed by atoms with van der Waals surface area (Å²) in [5.74, 6) is -0.567. The van der Waals surface area contributed by atoms with E-state index in [2.05, 4.69) is 0 Å². The highest BCUT2D eigenvalue weighted by atomic mass is 35.5. The van der Waals surface area contributed by atoms with Gasteiger partial charge in [-0.05, 0) is 32.0 Å². The highest BCUT2D eigenvalue weighted by Gasteiger charge is 2.28. The first kappa shape index (κ1) is 13.3. The number of nitriles is 1. The van der Waals surface area contributed by atoms with Gasteiger partial charge in [0.15, 0.2) is 0 Å². The van der Waals surface area contributed by atoms with Crippen LogP contribution in [0.2, 0.25) is 5.02 Å². The second-order valence-corrected chi connectivity index (χ2v) is 4.64. The lowest BCUT2D eigenvalue weighted by Crippen LogP contribution is -2.30. The van der Waals surface area contributed by atoms with Gasteiger partial charge in [0.2, 0.25) is 0 Å². The van der Waals surface area contributed by atoms with Crippen LogP contribution in [0, 0.1) is 16.7 Å². The van der Waals surface area contributed by atoms with Crippen molar-refractivity contribution < 1.29 is 14.6 Å². The largest absolute Gasteiger partial charge is 0.491 e. The molecule has 0 atom stereocenters. The summed E-state index contributed by atoms with van der Waals surface area (Å²) < 4.78 is 5.34. The molecule has 0 aromatic heterocycles. The Morgan fingerprint density at radius 1 is 1.59 bits per heavy atom. The number of benzene rings is 1. The van der Waals surface area contributed by atoms with Gasteiger partial charge in [0.1, 0.15) is 12.4 Å². The molecule has 0 fully saturated rings. The Hall–Kier alpha value is -1.73. The minimum absolute atomic E-state index is 0.00789. The number of hydrogen-bond acceptors (Lipinski definition) is 3. The van der Waals surface area contributed by atoms with Crippen LogP contribution >= 0.6 is 11.6 Å². The monoisotopic (exact) mass is 253 g/mol. The fraction of sp³-hybridized carbons (Fsp3) is 0.333. The molecule has 4 nitrogen and oxygen atoms in total. The fourth-order valence-corrected chi connectivity index (χ4v) is 1.24. The number of carbonyl (C=O) groups is 1. The first-order valence-electron chi connectivity index (χ1n) is 4.92. The van der Waals surface area contributed by atoms with Crippen molar-refractivity contribution in [1.82, 2.24) is 0 Å². The average Bonchev–Trinajstić information content (AvgIpc) is 2.27. The van der Waals surface area contributed by atoms with Crippen LogP contribution in [0.15, 0.2) is 18.2 Å². The van der Waals surface area contributed by atoms with E-state index in [4.69, 9.17) is 26.7 Å². The lowest BCUT2D eigenvalue weighted by atomic mass is 9.95. The number of hydrogen-bond donors (Lipinski definition) is 1. The number of rotatable bonds is 4. The Balaban J connectivity index is 2.78. The Bertz CT molecular complexity index is 477. The molecular weight excluding hydrogens is 242 g/mol. The standard InChI is InChI=1S/C12H12ClNO3/c1-12(2,11(15)16)7-17-10-4-3-8(6-14)5-9(10)13/h3-5H,7H2,1-2H3,(H,15,16). The van der Waals surface area contributed by atoms with Crippen LogP contribution in [0.4, 0.5) is 0 Å². The summed E-state index contributed by atoms with van der Waals surface area (Å²) in [6.07, 6.45) is 0. The van der Waals surface area contributed by atoms with Gasteiger partial charge in [-0.25, -0.2) is 0 Å². The Morgan fingerprint density at radius 3 is 2.71 bits per heavy atom. The first-order chi connectivity index (χ1) is 7.86. The zero-order valence-corrected chi connectivity index (χ0v) is 10.3. The van der Waals surface area contributed by atoms with E-state index in [1.807, 2.05) is 6.07 Å². The van der Waals surface area contributed by atoms with Crippen LogP contribution in [0.3, 0.4) is 0 Å². The Kier molecular flexibility index (Phi) is 3.97. The first-order valence-corrected chi connectivity index (χ1v) is 5.30. The summed E-state index contributed by atoms with van der Waals surface area (Å²) in [5.41, 5.74) is -0.558. The molecule has 0 saturated heterocycles. The summed E-state index contributed by atoms with van der Waals surface area (Å²) >= 11 is 5.89. The lowest BCUT2D eigenvalue weighted by molar-refractivity contribution is -0.148. The van der Waals surface area contributed by atoms with E-state index in [1.54, 1.807) is 26.0 Å². The molecular formula is C12H12ClNO3. The molecule has 5 heteroatoms. The van der Waals surface area contributed by atoms with E-state index in [1.165, 1.54) is 6.07 Å². The van der Waals surface area contributed by atoms with Crippen LogP contribution in [0.5, 0.6) is 5.75 Å². The lowest BCUT2D eigenvalue weighted by Gasteiger charge is -2.19. The summed E-state index contributed by atoms with van der Waals surface area (Å²) in [5, 5.41) is 17.9. The third-order valence-corrected chi connectivity index (χ3v) is 2.52. The summed E-state index contributed by atoms with van der Waals surface area (Å²) in [4.78, 5) is 10.9. The van der Waals surface area contributed by atoms with E-state index in [0.29, 0.717) is 16.3 Å². The molecule has 0 aliphatic rings. The van der Waals surface area contributed by atoms with Crippen molar-refractivity contribution in [3.05, 3.63) is 28.8 Å². The molecule has 90 valence electrons. The maximum absolute atomic E-state index is 10.9. The van der Waals surface area contributed by atoms with Gasteiger partial charge in [0.25, 0.3) is 0 Å². The van der Waals surface area contributed by atoms with Crippen LogP contribution in [0.1, 0.15) is 19.4 Å². The molecule has 1 rings (SSSR count). The SMILES string of the molecule is CC(C)(COc1ccc(C#N)cc1Cl)C(=O)O. The molecule has 0 amide bonds. The van der Waals surface area contributed by atoms with Crippen molar-refractivity contribution in [2.24, 2.45) is 5.41 Å². The molecule has 1 N–H and O–H groups in total. The van der Waals surface area contributed by atoms with E-state index >= 15 is 0 Å². The third kappa shape index (κ3) is 3.36. The summed E-state index contributed by atoms with van der Waals surface area (Å²) in [7, 11) is 0. The van der Waals surface area contributed by atoms with Gasteiger partial charge in [-0.3, -0.25) is 4.79 Å². The maximum atomic E-state index is 10.9. The number of aliphatic carboxylic acids is 1. The molecule has 1 aromatic carbocycles. The van der Waals surface area contributed by atoms with Gasteiger partial charge in [-0.1, -0.05) is 11.6 Å². The molecule has 17 heavy (non-hydrogen) atoms. The second kappa shape index (κ2) is 5.07. The van der Waals surface area contributed by atoms with Crippen LogP contribution in [-0.2, 0) is 4.79 Å². The van der Waals surface area contributed by atoms with Crippen molar-refractivity contribution in [2.45, 2.75) is 13.8 Å². The Morgan fingerprint density at radius 2 is 2.24 bits per heavy atom. The minimum Gasteiger partial charge on any atom is -0.491 e. The smallest absolute Gasteiger partial charge is 0.312 e. The van der Waals surface area contributed by atoms with E-state index in [9.17, 15) is 4.79 Å². The van der Waals surface area contributed by atoms with Gasteiger partial charge < -0.3 is 9.84 Å². The fourth-order valence-electron chi connectivity index (χ4n) is 1.01. The molecule has 0 saturated carbocycles. The van der Waals surface area contributed by atoms with Crippen molar-refractivity contribution in [2.75, 3.05) is 6.61 Å². The molecule has 0 aliphatic heterocycles. The predicted octanol–water partition coefficient (Wildman–Crippen LogP) is 2.70. The van der Waals surface area contributed by atoms with E-state index < -0.39 is 11.4 Å². The number of ether oxygens (including phenoxy) is 1. The Labute approximate surface area is 104 Å². The maximum Gasteiger partial charge on any atom is 0.312 e. The second-order valence-electron chi connectivity index (χ2n) is 4.23. The van der Waals surface area contributed by atoms with Crippen molar-refractivity contribution in [3.8, 4) is 11.8 Å².